The molecular formula is C17H20O4. The van der Waals surface area contributed by atoms with Crippen molar-refractivity contribution in [1.82, 2.24) is 0 Å². The molecule has 0 atom stereocenters. The molecule has 1 aromatic carbocycles. The first kappa shape index (κ1) is 16.7. The molecule has 0 spiro atoms. The van der Waals surface area contributed by atoms with E-state index in [2.05, 4.69) is 0 Å². The summed E-state index contributed by atoms with van der Waals surface area (Å²) in [5.41, 5.74) is 2.76. The Morgan fingerprint density at radius 1 is 1.10 bits per heavy atom. The van der Waals surface area contributed by atoms with Crippen LogP contribution in [0.25, 0.3) is 12.2 Å². The van der Waals surface area contributed by atoms with Crippen molar-refractivity contribution in [2.75, 3.05) is 13.2 Å². The molecule has 0 aromatic heterocycles. The molecule has 0 aliphatic carbocycles. The van der Waals surface area contributed by atoms with Crippen molar-refractivity contribution < 1.29 is 19.1 Å². The van der Waals surface area contributed by atoms with Gasteiger partial charge in [0.2, 0.25) is 0 Å². The van der Waals surface area contributed by atoms with Crippen LogP contribution in [0.5, 0.6) is 0 Å². The summed E-state index contributed by atoms with van der Waals surface area (Å²) in [6.45, 7) is 5.64. The van der Waals surface area contributed by atoms with Gasteiger partial charge in [0.05, 0.1) is 6.61 Å². The Morgan fingerprint density at radius 3 is 2.38 bits per heavy atom. The van der Waals surface area contributed by atoms with Crippen LogP contribution in [-0.2, 0) is 19.1 Å². The number of hydrogen-bond acceptors (Lipinski definition) is 4. The van der Waals surface area contributed by atoms with Crippen molar-refractivity contribution in [3.05, 3.63) is 47.0 Å². The van der Waals surface area contributed by atoms with Crippen LogP contribution in [0.2, 0.25) is 0 Å². The Hall–Kier alpha value is -2.36. The lowest BCUT2D eigenvalue weighted by Crippen LogP contribution is -2.01. The molecule has 0 amide bonds. The van der Waals surface area contributed by atoms with Gasteiger partial charge in [0.15, 0.2) is 0 Å². The van der Waals surface area contributed by atoms with Gasteiger partial charge in [0.1, 0.15) is 6.61 Å². The maximum absolute atomic E-state index is 11.3. The van der Waals surface area contributed by atoms with E-state index >= 15 is 0 Å². The minimum absolute atomic E-state index is 0.255. The normalized spacial score (nSPS) is 11.5. The van der Waals surface area contributed by atoms with Gasteiger partial charge in [0.25, 0.3) is 0 Å². The molecule has 0 aliphatic rings. The van der Waals surface area contributed by atoms with Crippen molar-refractivity contribution in [3.63, 3.8) is 0 Å². The zero-order valence-electron chi connectivity index (χ0n) is 12.6. The van der Waals surface area contributed by atoms with Gasteiger partial charge in [-0.15, -0.1) is 0 Å². The van der Waals surface area contributed by atoms with E-state index in [9.17, 15) is 9.59 Å². The molecular weight excluding hydrogens is 268 g/mol. The van der Waals surface area contributed by atoms with Gasteiger partial charge in [0, 0.05) is 13.0 Å². The predicted molar refractivity (Wildman–Crippen MR) is 82.4 cm³/mol. The summed E-state index contributed by atoms with van der Waals surface area (Å²) in [5.74, 6) is -0.675. The fourth-order valence-corrected chi connectivity index (χ4v) is 1.66. The second-order valence-electron chi connectivity index (χ2n) is 4.49. The van der Waals surface area contributed by atoms with E-state index in [1.165, 1.54) is 13.0 Å². The first-order chi connectivity index (χ1) is 10.0. The molecule has 1 aromatic rings. The molecule has 112 valence electrons. The van der Waals surface area contributed by atoms with Crippen LogP contribution in [0.4, 0.5) is 0 Å². The molecule has 0 unspecified atom stereocenters. The fraction of sp³-hybridized carbons (Fsp3) is 0.294. The molecule has 4 heteroatoms. The third-order valence-corrected chi connectivity index (χ3v) is 2.59. The highest BCUT2D eigenvalue weighted by atomic mass is 16.5. The Labute approximate surface area is 125 Å². The highest BCUT2D eigenvalue weighted by Gasteiger charge is 2.00. The van der Waals surface area contributed by atoms with Crippen LogP contribution >= 0.6 is 0 Å². The molecule has 0 heterocycles. The fourth-order valence-electron chi connectivity index (χ4n) is 1.66. The number of hydrogen-bond donors (Lipinski definition) is 0. The molecule has 21 heavy (non-hydrogen) atoms. The number of rotatable bonds is 6. The van der Waals surface area contributed by atoms with Gasteiger partial charge in [-0.25, -0.2) is 4.79 Å². The lowest BCUT2D eigenvalue weighted by Gasteiger charge is -2.05. The van der Waals surface area contributed by atoms with Crippen molar-refractivity contribution in [2.45, 2.75) is 20.8 Å². The van der Waals surface area contributed by atoms with Crippen LogP contribution in [0.1, 0.15) is 31.9 Å². The van der Waals surface area contributed by atoms with E-state index in [4.69, 9.17) is 9.47 Å². The summed E-state index contributed by atoms with van der Waals surface area (Å²) in [7, 11) is 0. The molecule has 4 nitrogen and oxygen atoms in total. The van der Waals surface area contributed by atoms with Gasteiger partial charge < -0.3 is 9.47 Å². The lowest BCUT2D eigenvalue weighted by atomic mass is 10.0. The zero-order valence-corrected chi connectivity index (χ0v) is 12.6. The van der Waals surface area contributed by atoms with E-state index in [-0.39, 0.29) is 18.5 Å². The van der Waals surface area contributed by atoms with Gasteiger partial charge in [-0.05, 0) is 36.6 Å². The highest BCUT2D eigenvalue weighted by Crippen LogP contribution is 2.15. The molecule has 0 aliphatic heterocycles. The standard InChI is InChI=1S/C17H20O4/c1-4-20-17(19)10-9-15-7-5-6-8-16(15)11-13(2)12-21-14(3)18/h5-11H,4,12H2,1-3H3. The van der Waals surface area contributed by atoms with Crippen molar-refractivity contribution >= 4 is 24.1 Å². The minimum Gasteiger partial charge on any atom is -0.463 e. The molecule has 0 saturated carbocycles. The first-order valence-electron chi connectivity index (χ1n) is 6.77. The topological polar surface area (TPSA) is 52.6 Å². The highest BCUT2D eigenvalue weighted by molar-refractivity contribution is 5.88. The van der Waals surface area contributed by atoms with Gasteiger partial charge >= 0.3 is 11.9 Å². The molecule has 0 bridgehead atoms. The second-order valence-corrected chi connectivity index (χ2v) is 4.49. The van der Waals surface area contributed by atoms with Crippen molar-refractivity contribution in [3.8, 4) is 0 Å². The number of carbonyl (C=O) groups is 2. The smallest absolute Gasteiger partial charge is 0.330 e. The monoisotopic (exact) mass is 288 g/mol. The Bertz CT molecular complexity index is 556. The van der Waals surface area contributed by atoms with E-state index in [1.54, 1.807) is 13.0 Å². The molecule has 0 saturated heterocycles. The second kappa shape index (κ2) is 8.74. The SMILES string of the molecule is CCOC(=O)C=Cc1ccccc1C=C(C)COC(C)=O. The molecule has 0 fully saturated rings. The molecule has 0 radical (unpaired) electrons. The van der Waals surface area contributed by atoms with Crippen LogP contribution in [0.15, 0.2) is 35.9 Å². The Balaban J connectivity index is 2.86. The van der Waals surface area contributed by atoms with Crippen LogP contribution in [-0.4, -0.2) is 25.2 Å². The number of benzene rings is 1. The third-order valence-electron chi connectivity index (χ3n) is 2.59. The van der Waals surface area contributed by atoms with Crippen LogP contribution in [0.3, 0.4) is 0 Å². The summed E-state index contributed by atoms with van der Waals surface area (Å²) >= 11 is 0. The van der Waals surface area contributed by atoms with Crippen LogP contribution in [0, 0.1) is 0 Å². The summed E-state index contributed by atoms with van der Waals surface area (Å²) in [4.78, 5) is 22.1. The average molecular weight is 288 g/mol. The average Bonchev–Trinajstić information content (AvgIpc) is 2.44. The van der Waals surface area contributed by atoms with Crippen molar-refractivity contribution in [2.24, 2.45) is 0 Å². The van der Waals surface area contributed by atoms with Gasteiger partial charge in [-0.3, -0.25) is 4.79 Å². The maximum Gasteiger partial charge on any atom is 0.330 e. The minimum atomic E-state index is -0.368. The number of esters is 2. The predicted octanol–water partition coefficient (Wildman–Crippen LogP) is 3.23. The third kappa shape index (κ3) is 6.56. The summed E-state index contributed by atoms with van der Waals surface area (Å²) < 4.78 is 9.80. The summed E-state index contributed by atoms with van der Waals surface area (Å²) in [6.07, 6.45) is 5.04. The molecule has 1 rings (SSSR count). The van der Waals surface area contributed by atoms with Gasteiger partial charge in [-0.2, -0.15) is 0 Å². The zero-order chi connectivity index (χ0) is 15.7. The number of carbonyl (C=O) groups excluding carboxylic acids is 2. The lowest BCUT2D eigenvalue weighted by molar-refractivity contribution is -0.140. The van der Waals surface area contributed by atoms with E-state index < -0.39 is 0 Å². The Morgan fingerprint density at radius 2 is 1.76 bits per heavy atom. The Kier molecular flexibility index (Phi) is 6.95. The summed E-state index contributed by atoms with van der Waals surface area (Å²) in [5, 5.41) is 0. The molecule has 0 N–H and O–H groups in total. The van der Waals surface area contributed by atoms with Gasteiger partial charge in [-0.1, -0.05) is 30.3 Å². The van der Waals surface area contributed by atoms with Crippen LogP contribution < -0.4 is 0 Å². The summed E-state index contributed by atoms with van der Waals surface area (Å²) in [6, 6.07) is 7.64. The number of ether oxygens (including phenoxy) is 2. The maximum atomic E-state index is 11.3. The quantitative estimate of drug-likeness (QED) is 0.595. The van der Waals surface area contributed by atoms with E-state index in [0.717, 1.165) is 16.7 Å². The van der Waals surface area contributed by atoms with Crippen molar-refractivity contribution in [1.29, 1.82) is 0 Å². The largest absolute Gasteiger partial charge is 0.463 e. The first-order valence-corrected chi connectivity index (χ1v) is 6.77. The van der Waals surface area contributed by atoms with E-state index in [0.29, 0.717) is 6.61 Å². The van der Waals surface area contributed by atoms with E-state index in [1.807, 2.05) is 37.3 Å².